The number of carbonyl (C=O) groups is 2. The van der Waals surface area contributed by atoms with Crippen LogP contribution in [0.4, 0.5) is 0 Å². The molecule has 0 saturated heterocycles. The summed E-state index contributed by atoms with van der Waals surface area (Å²) in [7, 11) is 1.86. The summed E-state index contributed by atoms with van der Waals surface area (Å²) in [5.74, 6) is -0.673. The minimum atomic E-state index is -0.856. The summed E-state index contributed by atoms with van der Waals surface area (Å²) < 4.78 is 10.8. The van der Waals surface area contributed by atoms with Crippen molar-refractivity contribution in [2.24, 2.45) is 22.3 Å². The number of carbonyl (C=O) groups excluding carboxylic acids is 2. The molecule has 0 aliphatic heterocycles. The Balaban J connectivity index is 0. The molecular formula is C24H52N4O5. The van der Waals surface area contributed by atoms with E-state index in [0.717, 1.165) is 38.8 Å². The summed E-state index contributed by atoms with van der Waals surface area (Å²) in [5.41, 5.74) is 8.20. The lowest BCUT2D eigenvalue weighted by Crippen LogP contribution is -2.40. The van der Waals surface area contributed by atoms with Crippen LogP contribution in [0.25, 0.3) is 0 Å². The fourth-order valence-corrected chi connectivity index (χ4v) is 3.17. The van der Waals surface area contributed by atoms with Crippen LogP contribution in [0.3, 0.4) is 0 Å². The van der Waals surface area contributed by atoms with Gasteiger partial charge >= 0.3 is 11.9 Å². The maximum absolute atomic E-state index is 12.6. The Morgan fingerprint density at radius 3 is 2.12 bits per heavy atom. The molecule has 0 amide bonds. The molecule has 0 rings (SSSR count). The van der Waals surface area contributed by atoms with Crippen LogP contribution in [0.5, 0.6) is 0 Å². The molecular weight excluding hydrogens is 424 g/mol. The molecule has 0 radical (unpaired) electrons. The van der Waals surface area contributed by atoms with Crippen LogP contribution in [0.1, 0.15) is 73.1 Å². The number of rotatable bonds is 18. The smallest absolute Gasteiger partial charge is 0.311 e. The van der Waals surface area contributed by atoms with Crippen LogP contribution in [0.2, 0.25) is 0 Å². The zero-order valence-corrected chi connectivity index (χ0v) is 22.0. The number of likely N-dealkylation sites (N-methyl/N-ethyl adjacent to an activating group) is 1. The van der Waals surface area contributed by atoms with Crippen molar-refractivity contribution in [3.63, 3.8) is 0 Å². The first kappa shape index (κ1) is 33.9. The zero-order chi connectivity index (χ0) is 25.8. The number of unbranched alkanes of at least 4 members (excludes halogenated alkanes) is 3. The van der Waals surface area contributed by atoms with Gasteiger partial charge < -0.3 is 36.7 Å². The molecule has 0 saturated carbocycles. The fraction of sp³-hybridized carbons (Fsp3) is 0.917. The zero-order valence-electron chi connectivity index (χ0n) is 22.0. The number of nitrogens with one attached hydrogen (secondary N) is 2. The van der Waals surface area contributed by atoms with E-state index >= 15 is 0 Å². The predicted octanol–water partition coefficient (Wildman–Crippen LogP) is 1.56. The molecule has 9 heteroatoms. The lowest BCUT2D eigenvalue weighted by Gasteiger charge is -2.33. The van der Waals surface area contributed by atoms with Gasteiger partial charge in [0.05, 0.1) is 17.4 Å². The number of hydrogen-bond acceptors (Lipinski definition) is 9. The Bertz CT molecular complexity index is 503. The van der Waals surface area contributed by atoms with Gasteiger partial charge in [0, 0.05) is 32.7 Å². The van der Waals surface area contributed by atoms with Gasteiger partial charge in [-0.3, -0.25) is 9.59 Å². The summed E-state index contributed by atoms with van der Waals surface area (Å²) in [6, 6.07) is 0. The molecule has 7 N–H and O–H groups in total. The highest BCUT2D eigenvalue weighted by atomic mass is 16.5. The molecule has 0 bridgehead atoms. The van der Waals surface area contributed by atoms with Crippen molar-refractivity contribution in [3.05, 3.63) is 0 Å². The minimum absolute atomic E-state index is 0.0699. The van der Waals surface area contributed by atoms with E-state index in [2.05, 4.69) is 17.6 Å². The highest BCUT2D eigenvalue weighted by Crippen LogP contribution is 2.38. The summed E-state index contributed by atoms with van der Waals surface area (Å²) >= 11 is 0. The van der Waals surface area contributed by atoms with Crippen LogP contribution < -0.4 is 22.1 Å². The van der Waals surface area contributed by atoms with Gasteiger partial charge in [-0.05, 0) is 47.1 Å². The lowest BCUT2D eigenvalue weighted by atomic mass is 9.72. The second kappa shape index (κ2) is 20.1. The van der Waals surface area contributed by atoms with Gasteiger partial charge in [-0.15, -0.1) is 0 Å². The molecule has 0 aliphatic rings. The first-order chi connectivity index (χ1) is 15.5. The van der Waals surface area contributed by atoms with Crippen molar-refractivity contribution in [2.45, 2.75) is 79.2 Å². The molecule has 2 unspecified atom stereocenters. The van der Waals surface area contributed by atoms with Gasteiger partial charge in [0.25, 0.3) is 0 Å². The van der Waals surface area contributed by atoms with Crippen LogP contribution in [0.15, 0.2) is 0 Å². The molecule has 0 fully saturated rings. The van der Waals surface area contributed by atoms with E-state index in [9.17, 15) is 14.7 Å². The Morgan fingerprint density at radius 1 is 0.970 bits per heavy atom. The lowest BCUT2D eigenvalue weighted by molar-refractivity contribution is -0.164. The van der Waals surface area contributed by atoms with Crippen molar-refractivity contribution < 1.29 is 24.2 Å². The van der Waals surface area contributed by atoms with Crippen LogP contribution in [0, 0.1) is 10.8 Å². The van der Waals surface area contributed by atoms with E-state index in [1.165, 1.54) is 0 Å². The maximum atomic E-state index is 12.6. The third kappa shape index (κ3) is 16.9. The van der Waals surface area contributed by atoms with E-state index in [4.69, 9.17) is 20.9 Å². The second-order valence-corrected chi connectivity index (χ2v) is 9.31. The standard InChI is InChI=1S/C22H44N2O5.C2H8N2/c1-7-9-10-11-14-28-20(27)22(5,8-2)17-21(3,4)19(26)29-16-18(25)15-24-13-12-23-6;3-1-2-4/h18,23-25H,7-17H2,1-6H3;1-4H2. The third-order valence-corrected chi connectivity index (χ3v) is 5.39. The normalized spacial score (nSPS) is 14.0. The molecule has 0 aliphatic carbocycles. The minimum Gasteiger partial charge on any atom is -0.465 e. The molecule has 0 spiro atoms. The van der Waals surface area contributed by atoms with Crippen LogP contribution >= 0.6 is 0 Å². The number of hydrogen-bond donors (Lipinski definition) is 5. The average Bonchev–Trinajstić information content (AvgIpc) is 2.79. The SMILES string of the molecule is CCCCCCOC(=O)C(C)(CC)CC(C)(C)C(=O)OCC(O)CNCCNC.NCCN. The van der Waals surface area contributed by atoms with E-state index in [1.54, 1.807) is 13.8 Å². The maximum Gasteiger partial charge on any atom is 0.311 e. The molecule has 0 aromatic rings. The van der Waals surface area contributed by atoms with Gasteiger partial charge in [-0.2, -0.15) is 0 Å². The predicted molar refractivity (Wildman–Crippen MR) is 134 cm³/mol. The number of nitrogens with two attached hydrogens (primary N) is 2. The average molecular weight is 477 g/mol. The van der Waals surface area contributed by atoms with E-state index < -0.39 is 22.9 Å². The Kier molecular flexibility index (Phi) is 20.7. The molecule has 0 aromatic heterocycles. The molecule has 2 atom stereocenters. The largest absolute Gasteiger partial charge is 0.465 e. The Labute approximate surface area is 201 Å². The first-order valence-electron chi connectivity index (χ1n) is 12.3. The second-order valence-electron chi connectivity index (χ2n) is 9.31. The summed E-state index contributed by atoms with van der Waals surface area (Å²) in [6.07, 6.45) is 4.34. The van der Waals surface area contributed by atoms with Gasteiger partial charge in [0.15, 0.2) is 0 Å². The van der Waals surface area contributed by atoms with Gasteiger partial charge in [0.1, 0.15) is 12.7 Å². The number of esters is 2. The highest BCUT2D eigenvalue weighted by Gasteiger charge is 2.43. The van der Waals surface area contributed by atoms with E-state index in [0.29, 0.717) is 39.1 Å². The number of aliphatic hydroxyl groups excluding tert-OH is 1. The number of ether oxygens (including phenoxy) is 2. The number of aliphatic hydroxyl groups is 1. The molecule has 0 aromatic carbocycles. The summed E-state index contributed by atoms with van der Waals surface area (Å²) in [4.78, 5) is 25.2. The van der Waals surface area contributed by atoms with Crippen molar-refractivity contribution in [3.8, 4) is 0 Å². The molecule has 9 nitrogen and oxygen atoms in total. The van der Waals surface area contributed by atoms with Gasteiger partial charge in [0.2, 0.25) is 0 Å². The topological polar surface area (TPSA) is 149 Å². The Morgan fingerprint density at radius 2 is 1.61 bits per heavy atom. The van der Waals surface area contributed by atoms with E-state index in [1.807, 2.05) is 20.9 Å². The van der Waals surface area contributed by atoms with Crippen molar-refractivity contribution in [1.29, 1.82) is 0 Å². The molecule has 198 valence electrons. The van der Waals surface area contributed by atoms with Crippen molar-refractivity contribution >= 4 is 11.9 Å². The van der Waals surface area contributed by atoms with Crippen LogP contribution in [-0.4, -0.2) is 76.1 Å². The van der Waals surface area contributed by atoms with Gasteiger partial charge in [-0.25, -0.2) is 0 Å². The fourth-order valence-electron chi connectivity index (χ4n) is 3.17. The molecule has 0 heterocycles. The van der Waals surface area contributed by atoms with Crippen molar-refractivity contribution in [2.75, 3.05) is 53.0 Å². The molecule has 33 heavy (non-hydrogen) atoms. The van der Waals surface area contributed by atoms with Gasteiger partial charge in [-0.1, -0.05) is 33.1 Å². The van der Waals surface area contributed by atoms with E-state index in [-0.39, 0.29) is 12.6 Å². The monoisotopic (exact) mass is 476 g/mol. The summed E-state index contributed by atoms with van der Waals surface area (Å²) in [5, 5.41) is 16.0. The quantitative estimate of drug-likeness (QED) is 0.147. The first-order valence-corrected chi connectivity index (χ1v) is 12.3. The third-order valence-electron chi connectivity index (χ3n) is 5.39. The Hall–Kier alpha value is -1.26. The highest BCUT2D eigenvalue weighted by molar-refractivity contribution is 5.80. The van der Waals surface area contributed by atoms with Crippen molar-refractivity contribution in [1.82, 2.24) is 10.6 Å². The summed E-state index contributed by atoms with van der Waals surface area (Å²) in [6.45, 7) is 12.9. The van der Waals surface area contributed by atoms with Crippen LogP contribution in [-0.2, 0) is 19.1 Å².